The third-order valence-electron chi connectivity index (χ3n) is 4.27. The van der Waals surface area contributed by atoms with Gasteiger partial charge in [-0.25, -0.2) is 0 Å². The van der Waals surface area contributed by atoms with E-state index in [4.69, 9.17) is 9.05 Å². The lowest BCUT2D eigenvalue weighted by molar-refractivity contribution is -0.156. The molecule has 3 aliphatic rings. The Balaban J connectivity index is 2.04. The maximum absolute atomic E-state index is 12.8. The van der Waals surface area contributed by atoms with Crippen molar-refractivity contribution in [3.63, 3.8) is 0 Å². The van der Waals surface area contributed by atoms with Crippen LogP contribution in [-0.4, -0.2) is 98.4 Å². The van der Waals surface area contributed by atoms with Crippen LogP contribution in [-0.2, 0) is 23.2 Å². The van der Waals surface area contributed by atoms with E-state index in [-0.39, 0.29) is 6.29 Å². The summed E-state index contributed by atoms with van der Waals surface area (Å²) in [5.74, 6) is -0.890. The fourth-order valence-corrected chi connectivity index (χ4v) is 4.79. The lowest BCUT2D eigenvalue weighted by Gasteiger charge is -2.36. The second kappa shape index (κ2) is 9.64. The Labute approximate surface area is 149 Å². The number of rotatable bonds is 6. The maximum Gasteiger partial charge on any atom is 0.344 e. The second-order valence-corrected chi connectivity index (χ2v) is 8.06. The number of amides is 2. The molecule has 0 aliphatic carbocycles. The van der Waals surface area contributed by atoms with Crippen molar-refractivity contribution in [1.82, 2.24) is 20.0 Å². The molecule has 0 aromatic rings. The second-order valence-electron chi connectivity index (χ2n) is 6.04. The van der Waals surface area contributed by atoms with E-state index >= 15 is 0 Å². The van der Waals surface area contributed by atoms with Crippen LogP contribution in [0.1, 0.15) is 13.8 Å². The van der Waals surface area contributed by atoms with Gasteiger partial charge in [0.1, 0.15) is 6.29 Å². The van der Waals surface area contributed by atoms with Gasteiger partial charge in [0.25, 0.3) is 0 Å². The number of nitrogens with zero attached hydrogens (tertiary/aromatic N) is 3. The van der Waals surface area contributed by atoms with Gasteiger partial charge in [0, 0.05) is 52.4 Å². The van der Waals surface area contributed by atoms with E-state index in [9.17, 15) is 14.2 Å². The molecular formula is C15H29N4O5P. The lowest BCUT2D eigenvalue weighted by atomic mass is 10.2. The highest BCUT2D eigenvalue weighted by Crippen LogP contribution is 2.48. The zero-order valence-corrected chi connectivity index (χ0v) is 16.0. The molecule has 2 amide bonds. The van der Waals surface area contributed by atoms with E-state index in [1.165, 1.54) is 0 Å². The van der Waals surface area contributed by atoms with E-state index in [0.717, 1.165) is 0 Å². The highest BCUT2D eigenvalue weighted by atomic mass is 31.2. The number of hydrogen-bond donors (Lipinski definition) is 1. The third-order valence-corrected chi connectivity index (χ3v) is 6.32. The molecule has 1 N–H and O–H groups in total. The predicted octanol–water partition coefficient (Wildman–Crippen LogP) is -0.214. The van der Waals surface area contributed by atoms with Crippen molar-refractivity contribution in [3.05, 3.63) is 0 Å². The monoisotopic (exact) mass is 376 g/mol. The van der Waals surface area contributed by atoms with Crippen molar-refractivity contribution in [3.8, 4) is 0 Å². The normalized spacial score (nSPS) is 21.4. The predicted molar refractivity (Wildman–Crippen MR) is 93.3 cm³/mol. The van der Waals surface area contributed by atoms with Gasteiger partial charge >= 0.3 is 19.4 Å². The molecule has 3 saturated heterocycles. The molecule has 2 bridgehead atoms. The minimum absolute atomic E-state index is 0.179. The summed E-state index contributed by atoms with van der Waals surface area (Å²) in [5.41, 5.74) is 0. The smallest absolute Gasteiger partial charge is 0.331 e. The number of carbonyl (C=O) groups is 2. The summed E-state index contributed by atoms with van der Waals surface area (Å²) in [5, 5.41) is 3.27. The van der Waals surface area contributed by atoms with Crippen LogP contribution in [0, 0.1) is 0 Å². The molecule has 0 radical (unpaired) electrons. The van der Waals surface area contributed by atoms with Crippen molar-refractivity contribution >= 4 is 19.4 Å². The van der Waals surface area contributed by atoms with E-state index in [1.807, 2.05) is 4.90 Å². The summed E-state index contributed by atoms with van der Waals surface area (Å²) in [6, 6.07) is 0. The van der Waals surface area contributed by atoms with Gasteiger partial charge in [-0.1, -0.05) is 0 Å². The summed E-state index contributed by atoms with van der Waals surface area (Å²) < 4.78 is 23.5. The molecule has 0 saturated carbocycles. The number of nitrogens with one attached hydrogen (secondary N) is 1. The summed E-state index contributed by atoms with van der Waals surface area (Å²) in [6.45, 7) is 8.76. The molecule has 9 nitrogen and oxygen atoms in total. The van der Waals surface area contributed by atoms with Crippen LogP contribution < -0.4 is 5.32 Å². The zero-order chi connectivity index (χ0) is 18.3. The van der Waals surface area contributed by atoms with E-state index in [1.54, 1.807) is 23.6 Å². The quantitative estimate of drug-likeness (QED) is 0.506. The lowest BCUT2D eigenvalue weighted by Crippen LogP contribution is -2.57. The summed E-state index contributed by atoms with van der Waals surface area (Å²) in [6.07, 6.45) is 0.179. The highest BCUT2D eigenvalue weighted by molar-refractivity contribution is 7.53. The van der Waals surface area contributed by atoms with Crippen molar-refractivity contribution in [2.24, 2.45) is 0 Å². The maximum atomic E-state index is 12.8. The van der Waals surface area contributed by atoms with Crippen molar-refractivity contribution in [2.75, 3.05) is 71.9 Å². The van der Waals surface area contributed by atoms with Crippen LogP contribution in [0.15, 0.2) is 0 Å². The van der Waals surface area contributed by atoms with Crippen molar-refractivity contribution in [1.29, 1.82) is 0 Å². The van der Waals surface area contributed by atoms with Gasteiger partial charge < -0.3 is 24.2 Å². The topological polar surface area (TPSA) is 91.4 Å². The van der Waals surface area contributed by atoms with Gasteiger partial charge in [-0.3, -0.25) is 19.1 Å². The molecule has 144 valence electrons. The average Bonchev–Trinajstić information content (AvgIpc) is 2.55. The van der Waals surface area contributed by atoms with E-state index in [0.29, 0.717) is 65.6 Å². The molecule has 3 aliphatic heterocycles. The van der Waals surface area contributed by atoms with Gasteiger partial charge in [0.15, 0.2) is 0 Å². The molecule has 0 atom stereocenters. The molecule has 3 rings (SSSR count). The Morgan fingerprint density at radius 1 is 0.880 bits per heavy atom. The van der Waals surface area contributed by atoms with Gasteiger partial charge in [-0.2, -0.15) is 0 Å². The third kappa shape index (κ3) is 5.76. The highest BCUT2D eigenvalue weighted by Gasteiger charge is 2.33. The first-order chi connectivity index (χ1) is 12.0. The minimum atomic E-state index is -3.19. The SMILES string of the molecule is CCOP(=O)(CN1CCNCCN2CCN(CC1)C(=O)C2=O)OCC. The fraction of sp³-hybridized carbons (Fsp3) is 0.867. The Morgan fingerprint density at radius 2 is 1.40 bits per heavy atom. The van der Waals surface area contributed by atoms with Crippen LogP contribution in [0.4, 0.5) is 0 Å². The zero-order valence-electron chi connectivity index (χ0n) is 15.1. The van der Waals surface area contributed by atoms with Gasteiger partial charge in [0.2, 0.25) is 0 Å². The van der Waals surface area contributed by atoms with Crippen LogP contribution in [0.25, 0.3) is 0 Å². The van der Waals surface area contributed by atoms with Gasteiger partial charge in [0.05, 0.1) is 13.2 Å². The van der Waals surface area contributed by atoms with Crippen molar-refractivity contribution in [2.45, 2.75) is 13.8 Å². The Hall–Kier alpha value is -0.990. The number of fused-ring (bicyclic) bond motifs is 9. The fourth-order valence-electron chi connectivity index (χ4n) is 2.99. The molecular weight excluding hydrogens is 347 g/mol. The molecule has 0 aromatic carbocycles. The van der Waals surface area contributed by atoms with E-state index in [2.05, 4.69) is 5.32 Å². The molecule has 0 spiro atoms. The Bertz CT molecular complexity index is 506. The first-order valence-electron chi connectivity index (χ1n) is 8.88. The van der Waals surface area contributed by atoms with Crippen LogP contribution in [0.2, 0.25) is 0 Å². The van der Waals surface area contributed by atoms with Crippen LogP contribution in [0.5, 0.6) is 0 Å². The molecule has 0 aromatic heterocycles. The average molecular weight is 376 g/mol. The summed E-state index contributed by atoms with van der Waals surface area (Å²) >= 11 is 0. The molecule has 3 fully saturated rings. The Morgan fingerprint density at radius 3 is 2.00 bits per heavy atom. The first-order valence-corrected chi connectivity index (χ1v) is 10.6. The number of piperazine rings is 1. The largest absolute Gasteiger partial charge is 0.344 e. The first kappa shape index (κ1) is 20.3. The number of carbonyl (C=O) groups excluding carboxylic acids is 2. The minimum Gasteiger partial charge on any atom is -0.331 e. The number of hydrogen-bond acceptors (Lipinski definition) is 7. The van der Waals surface area contributed by atoms with Gasteiger partial charge in [-0.05, 0) is 13.8 Å². The van der Waals surface area contributed by atoms with E-state index < -0.39 is 19.4 Å². The molecule has 0 unspecified atom stereocenters. The van der Waals surface area contributed by atoms with Gasteiger partial charge in [-0.15, -0.1) is 0 Å². The molecule has 10 heteroatoms. The van der Waals surface area contributed by atoms with Crippen LogP contribution >= 0.6 is 7.60 Å². The molecule has 25 heavy (non-hydrogen) atoms. The molecule has 3 heterocycles. The summed E-state index contributed by atoms with van der Waals surface area (Å²) in [7, 11) is -3.19. The Kier molecular flexibility index (Phi) is 7.83. The van der Waals surface area contributed by atoms with Crippen molar-refractivity contribution < 1.29 is 23.2 Å². The summed E-state index contributed by atoms with van der Waals surface area (Å²) in [4.78, 5) is 29.5. The standard InChI is InChI=1S/C15H29N4O5P/c1-3-23-25(22,24-4-2)13-17-7-5-16-6-8-18-11-12-19(10-9-17)15(21)14(18)20/h16H,3-13H2,1-2H3. The van der Waals surface area contributed by atoms with Crippen LogP contribution in [0.3, 0.4) is 0 Å².